The van der Waals surface area contributed by atoms with Crippen molar-refractivity contribution in [3.8, 4) is 0 Å². The summed E-state index contributed by atoms with van der Waals surface area (Å²) in [7, 11) is 0. The fourth-order valence-electron chi connectivity index (χ4n) is 1.82. The third-order valence-electron chi connectivity index (χ3n) is 2.64. The molecule has 15 heavy (non-hydrogen) atoms. The Labute approximate surface area is 98.9 Å². The van der Waals surface area contributed by atoms with Crippen LogP contribution < -0.4 is 0 Å². The largest absolute Gasteiger partial charge is 0.0590 e. The van der Waals surface area contributed by atoms with Crippen LogP contribution >= 0.6 is 0 Å². The molecule has 0 aliphatic heterocycles. The minimum atomic E-state index is -2.03. The SMILES string of the molecule is [2H]C([2H])([2H])c1ccc(C(C)(C)C)c(C(C)(C)C)c1. The Morgan fingerprint density at radius 2 is 1.40 bits per heavy atom. The maximum absolute atomic E-state index is 7.53. The third-order valence-corrected chi connectivity index (χ3v) is 2.64. The average molecular weight is 207 g/mol. The number of benzene rings is 1. The van der Waals surface area contributed by atoms with Gasteiger partial charge in [-0.25, -0.2) is 0 Å². The maximum Gasteiger partial charge on any atom is 0.0280 e. The van der Waals surface area contributed by atoms with Crippen LogP contribution in [0.25, 0.3) is 0 Å². The van der Waals surface area contributed by atoms with Gasteiger partial charge in [0.1, 0.15) is 0 Å². The Balaban J connectivity index is 3.50. The van der Waals surface area contributed by atoms with Gasteiger partial charge in [-0.3, -0.25) is 0 Å². The van der Waals surface area contributed by atoms with Crippen molar-refractivity contribution in [3.05, 3.63) is 34.9 Å². The van der Waals surface area contributed by atoms with E-state index in [1.165, 1.54) is 5.56 Å². The Kier molecular flexibility index (Phi) is 2.05. The predicted molar refractivity (Wildman–Crippen MR) is 68.6 cm³/mol. The molecular weight excluding hydrogens is 180 g/mol. The summed E-state index contributed by atoms with van der Waals surface area (Å²) < 4.78 is 22.6. The molecule has 1 aromatic carbocycles. The summed E-state index contributed by atoms with van der Waals surface area (Å²) in [6.45, 7) is 10.8. The standard InChI is InChI=1S/C15H24/c1-11-8-9-12(14(2,3)4)13(10-11)15(5,6)7/h8-10H,1-7H3/i1D3. The zero-order valence-corrected chi connectivity index (χ0v) is 10.7. The number of rotatable bonds is 0. The molecule has 0 heteroatoms. The highest BCUT2D eigenvalue weighted by Crippen LogP contribution is 2.34. The van der Waals surface area contributed by atoms with Gasteiger partial charge in [0.25, 0.3) is 0 Å². The van der Waals surface area contributed by atoms with Crippen molar-refractivity contribution in [2.75, 3.05) is 0 Å². The summed E-state index contributed by atoms with van der Waals surface area (Å²) in [6, 6.07) is 5.57. The Morgan fingerprint density at radius 1 is 0.867 bits per heavy atom. The molecule has 0 radical (unpaired) electrons. The molecule has 84 valence electrons. The summed E-state index contributed by atoms with van der Waals surface area (Å²) in [5, 5.41) is 0. The Hall–Kier alpha value is -0.780. The highest BCUT2D eigenvalue weighted by molar-refractivity contribution is 5.40. The molecule has 0 unspecified atom stereocenters. The highest BCUT2D eigenvalue weighted by atomic mass is 14.3. The Morgan fingerprint density at radius 3 is 1.80 bits per heavy atom. The van der Waals surface area contributed by atoms with Crippen molar-refractivity contribution in [3.63, 3.8) is 0 Å². The second kappa shape index (κ2) is 3.66. The van der Waals surface area contributed by atoms with Crippen LogP contribution in [0.1, 0.15) is 62.3 Å². The minimum Gasteiger partial charge on any atom is -0.0590 e. The molecule has 0 N–H and O–H groups in total. The zero-order chi connectivity index (χ0) is 14.4. The lowest BCUT2D eigenvalue weighted by Gasteiger charge is -2.30. The van der Waals surface area contributed by atoms with Gasteiger partial charge in [0.15, 0.2) is 0 Å². The predicted octanol–water partition coefficient (Wildman–Crippen LogP) is 4.59. The van der Waals surface area contributed by atoms with E-state index in [1.807, 2.05) is 12.1 Å². The van der Waals surface area contributed by atoms with Crippen LogP contribution in [0, 0.1) is 6.85 Å². The fraction of sp³-hybridized carbons (Fsp3) is 0.600. The number of aryl methyl sites for hydroxylation is 1. The van der Waals surface area contributed by atoms with Crippen molar-refractivity contribution in [1.82, 2.24) is 0 Å². The van der Waals surface area contributed by atoms with E-state index in [-0.39, 0.29) is 10.8 Å². The smallest absolute Gasteiger partial charge is 0.0280 e. The summed E-state index contributed by atoms with van der Waals surface area (Å²) >= 11 is 0. The van der Waals surface area contributed by atoms with E-state index in [4.69, 9.17) is 4.11 Å². The van der Waals surface area contributed by atoms with Crippen LogP contribution in [0.5, 0.6) is 0 Å². The molecule has 0 nitrogen and oxygen atoms in total. The molecule has 1 rings (SSSR count). The number of hydrogen-bond acceptors (Lipinski definition) is 0. The van der Waals surface area contributed by atoms with E-state index < -0.39 is 6.85 Å². The first-order valence-corrected chi connectivity index (χ1v) is 5.49. The third kappa shape index (κ3) is 2.84. The van der Waals surface area contributed by atoms with Gasteiger partial charge in [-0.2, -0.15) is 0 Å². The quantitative estimate of drug-likeness (QED) is 0.583. The fourth-order valence-corrected chi connectivity index (χ4v) is 1.82. The average Bonchev–Trinajstić information content (AvgIpc) is 2.12. The van der Waals surface area contributed by atoms with Crippen molar-refractivity contribution in [2.45, 2.75) is 59.2 Å². The zero-order valence-electron chi connectivity index (χ0n) is 13.7. The van der Waals surface area contributed by atoms with E-state index in [2.05, 4.69) is 41.5 Å². The van der Waals surface area contributed by atoms with Crippen LogP contribution in [0.2, 0.25) is 0 Å². The van der Waals surface area contributed by atoms with E-state index in [9.17, 15) is 0 Å². The molecule has 0 bridgehead atoms. The molecule has 1 aromatic rings. The van der Waals surface area contributed by atoms with Gasteiger partial charge < -0.3 is 0 Å². The molecule has 0 amide bonds. The van der Waals surface area contributed by atoms with E-state index >= 15 is 0 Å². The first-order valence-electron chi connectivity index (χ1n) is 6.99. The van der Waals surface area contributed by atoms with Gasteiger partial charge in [0.2, 0.25) is 0 Å². The van der Waals surface area contributed by atoms with E-state index in [0.717, 1.165) is 5.56 Å². The van der Waals surface area contributed by atoms with Crippen molar-refractivity contribution < 1.29 is 4.11 Å². The highest BCUT2D eigenvalue weighted by Gasteiger charge is 2.24. The second-order valence-electron chi connectivity index (χ2n) is 6.26. The number of hydrogen-bond donors (Lipinski definition) is 0. The van der Waals surface area contributed by atoms with Gasteiger partial charge in [0, 0.05) is 4.11 Å². The normalized spacial score (nSPS) is 16.8. The maximum atomic E-state index is 7.53. The van der Waals surface area contributed by atoms with Crippen molar-refractivity contribution >= 4 is 0 Å². The second-order valence-corrected chi connectivity index (χ2v) is 6.26. The molecule has 0 saturated heterocycles. The summed E-state index contributed by atoms with van der Waals surface area (Å²) in [6.07, 6.45) is 0. The lowest BCUT2D eigenvalue weighted by molar-refractivity contribution is 0.530. The molecule has 0 spiro atoms. The molecule has 0 heterocycles. The molecule has 0 aromatic heterocycles. The van der Waals surface area contributed by atoms with Crippen LogP contribution in [0.15, 0.2) is 18.2 Å². The summed E-state index contributed by atoms with van der Waals surface area (Å²) in [4.78, 5) is 0. The van der Waals surface area contributed by atoms with Gasteiger partial charge in [-0.1, -0.05) is 65.3 Å². The topological polar surface area (TPSA) is 0 Å². The van der Waals surface area contributed by atoms with E-state index in [1.54, 1.807) is 6.07 Å². The van der Waals surface area contributed by atoms with Gasteiger partial charge in [0.05, 0.1) is 0 Å². The lowest BCUT2D eigenvalue weighted by atomic mass is 9.75. The van der Waals surface area contributed by atoms with Crippen molar-refractivity contribution in [2.24, 2.45) is 0 Å². The first kappa shape index (κ1) is 8.38. The van der Waals surface area contributed by atoms with Crippen LogP contribution in [0.3, 0.4) is 0 Å². The molecule has 0 fully saturated rings. The molecule has 0 aliphatic rings. The van der Waals surface area contributed by atoms with Gasteiger partial charge >= 0.3 is 0 Å². The summed E-state index contributed by atoms with van der Waals surface area (Å²) in [5.41, 5.74) is 2.76. The molecule has 0 aliphatic carbocycles. The molecular formula is C15H24. The van der Waals surface area contributed by atoms with E-state index in [0.29, 0.717) is 5.56 Å². The molecule has 0 atom stereocenters. The van der Waals surface area contributed by atoms with Crippen LogP contribution in [0.4, 0.5) is 0 Å². The summed E-state index contributed by atoms with van der Waals surface area (Å²) in [5.74, 6) is 0. The molecule has 0 saturated carbocycles. The van der Waals surface area contributed by atoms with Crippen molar-refractivity contribution in [1.29, 1.82) is 0 Å². The van der Waals surface area contributed by atoms with Crippen LogP contribution in [-0.4, -0.2) is 0 Å². The lowest BCUT2D eigenvalue weighted by Crippen LogP contribution is -2.21. The van der Waals surface area contributed by atoms with Gasteiger partial charge in [-0.15, -0.1) is 0 Å². The van der Waals surface area contributed by atoms with Gasteiger partial charge in [-0.05, 0) is 28.8 Å². The first-order chi connectivity index (χ1) is 7.83. The monoisotopic (exact) mass is 207 g/mol. The Bertz CT molecular complexity index is 429. The van der Waals surface area contributed by atoms with Crippen LogP contribution in [-0.2, 0) is 10.8 Å². The minimum absolute atomic E-state index is 0.0237.